The minimum atomic E-state index is -0.673. The van der Waals surface area contributed by atoms with Crippen molar-refractivity contribution in [2.24, 2.45) is 0 Å². The van der Waals surface area contributed by atoms with Gasteiger partial charge in [-0.05, 0) is 36.8 Å². The molecule has 0 spiro atoms. The second-order valence-electron chi connectivity index (χ2n) is 5.58. The number of hydrogen-bond donors (Lipinski definition) is 1. The number of hydrogen-bond acceptors (Lipinski definition) is 5. The lowest BCUT2D eigenvalue weighted by Gasteiger charge is -2.12. The van der Waals surface area contributed by atoms with E-state index >= 15 is 0 Å². The van der Waals surface area contributed by atoms with Crippen LogP contribution < -0.4 is 10.3 Å². The quantitative estimate of drug-likeness (QED) is 0.642. The molecule has 27 heavy (non-hydrogen) atoms. The third kappa shape index (κ3) is 4.32. The number of halogens is 3. The first-order chi connectivity index (χ1) is 12.9. The minimum absolute atomic E-state index is 0.0406. The summed E-state index contributed by atoms with van der Waals surface area (Å²) in [5.74, 6) is -0.325. The van der Waals surface area contributed by atoms with Crippen molar-refractivity contribution in [3.8, 4) is 17.6 Å². The zero-order chi connectivity index (χ0) is 19.6. The first-order valence-corrected chi connectivity index (χ1v) is 8.82. The fourth-order valence-electron chi connectivity index (χ4n) is 2.32. The van der Waals surface area contributed by atoms with Crippen LogP contribution in [0, 0.1) is 24.1 Å². The lowest BCUT2D eigenvalue weighted by molar-refractivity contribution is 0.439. The Hall–Kier alpha value is -2.76. The van der Waals surface area contributed by atoms with Gasteiger partial charge in [0.2, 0.25) is 0 Å². The highest BCUT2D eigenvalue weighted by Crippen LogP contribution is 2.35. The van der Waals surface area contributed by atoms with E-state index in [9.17, 15) is 9.18 Å². The molecule has 0 saturated heterocycles. The van der Waals surface area contributed by atoms with Gasteiger partial charge >= 0.3 is 0 Å². The number of H-pyrrole nitrogens is 1. The van der Waals surface area contributed by atoms with E-state index < -0.39 is 11.4 Å². The topological polar surface area (TPSA) is 91.7 Å². The molecule has 3 rings (SSSR count). The van der Waals surface area contributed by atoms with Crippen LogP contribution in [0.1, 0.15) is 22.6 Å². The molecular formula is C18H11BrClFN4O2. The Kier molecular flexibility index (Phi) is 5.54. The lowest BCUT2D eigenvalue weighted by Crippen LogP contribution is -2.16. The summed E-state index contributed by atoms with van der Waals surface area (Å²) in [5, 5.41) is 15.2. The number of aromatic amines is 1. The van der Waals surface area contributed by atoms with Gasteiger partial charge in [0, 0.05) is 10.9 Å². The molecule has 0 amide bonds. The Bertz CT molecular complexity index is 1130. The molecule has 1 aromatic heterocycles. The van der Waals surface area contributed by atoms with E-state index in [1.165, 1.54) is 25.1 Å². The normalized spacial score (nSPS) is 10.5. The van der Waals surface area contributed by atoms with Crippen molar-refractivity contribution in [2.75, 3.05) is 0 Å². The van der Waals surface area contributed by atoms with Gasteiger partial charge in [-0.15, -0.1) is 0 Å². The summed E-state index contributed by atoms with van der Waals surface area (Å²) >= 11 is 9.37. The summed E-state index contributed by atoms with van der Waals surface area (Å²) in [6.45, 7) is 1.54. The molecule has 1 N–H and O–H groups in total. The molecule has 0 aliphatic rings. The van der Waals surface area contributed by atoms with Gasteiger partial charge < -0.3 is 4.74 Å². The van der Waals surface area contributed by atoms with Crippen molar-refractivity contribution in [3.63, 3.8) is 0 Å². The first-order valence-electron chi connectivity index (χ1n) is 7.65. The number of benzene rings is 2. The smallest absolute Gasteiger partial charge is 0.285 e. The van der Waals surface area contributed by atoms with Crippen LogP contribution in [-0.2, 0) is 6.42 Å². The fourth-order valence-corrected chi connectivity index (χ4v) is 2.98. The number of nitrogens with one attached hydrogen (secondary N) is 1. The SMILES string of the molecule is Cc1nc(Cc2ccc(Cl)c(Oc3cc(Br)cc(C#N)c3)c2F)n[nH]c1=O. The zero-order valence-corrected chi connectivity index (χ0v) is 16.2. The number of ether oxygens (including phenoxy) is 1. The highest BCUT2D eigenvalue weighted by atomic mass is 79.9. The van der Waals surface area contributed by atoms with Gasteiger partial charge in [0.15, 0.2) is 17.4 Å². The van der Waals surface area contributed by atoms with Crippen molar-refractivity contribution in [1.82, 2.24) is 15.2 Å². The predicted molar refractivity (Wildman–Crippen MR) is 101 cm³/mol. The van der Waals surface area contributed by atoms with Gasteiger partial charge in [-0.3, -0.25) is 4.79 Å². The zero-order valence-electron chi connectivity index (χ0n) is 13.9. The average molecular weight is 450 g/mol. The van der Waals surface area contributed by atoms with Crippen molar-refractivity contribution in [1.29, 1.82) is 5.26 Å². The van der Waals surface area contributed by atoms with Crippen molar-refractivity contribution >= 4 is 27.5 Å². The molecule has 0 unspecified atom stereocenters. The Morgan fingerprint density at radius 2 is 2.15 bits per heavy atom. The van der Waals surface area contributed by atoms with Crippen LogP contribution in [0.2, 0.25) is 5.02 Å². The van der Waals surface area contributed by atoms with E-state index in [1.54, 1.807) is 12.1 Å². The van der Waals surface area contributed by atoms with Crippen LogP contribution in [0.5, 0.6) is 11.5 Å². The lowest BCUT2D eigenvalue weighted by atomic mass is 10.1. The molecule has 0 saturated carbocycles. The van der Waals surface area contributed by atoms with Gasteiger partial charge in [0.25, 0.3) is 5.56 Å². The molecule has 6 nitrogen and oxygen atoms in total. The number of nitrogens with zero attached hydrogens (tertiary/aromatic N) is 3. The number of aromatic nitrogens is 3. The Balaban J connectivity index is 1.96. The van der Waals surface area contributed by atoms with Crippen molar-refractivity contribution in [3.05, 3.63) is 78.6 Å². The van der Waals surface area contributed by atoms with Crippen molar-refractivity contribution in [2.45, 2.75) is 13.3 Å². The summed E-state index contributed by atoms with van der Waals surface area (Å²) in [4.78, 5) is 15.4. The summed E-state index contributed by atoms with van der Waals surface area (Å²) in [5.41, 5.74) is 0.437. The van der Waals surface area contributed by atoms with Crippen LogP contribution in [0.4, 0.5) is 4.39 Å². The van der Waals surface area contributed by atoms with E-state index in [-0.39, 0.29) is 40.0 Å². The molecule has 9 heteroatoms. The van der Waals surface area contributed by atoms with Gasteiger partial charge in [0.05, 0.1) is 16.7 Å². The minimum Gasteiger partial charge on any atom is -0.453 e. The highest BCUT2D eigenvalue weighted by molar-refractivity contribution is 9.10. The fraction of sp³-hybridized carbons (Fsp3) is 0.111. The molecule has 0 radical (unpaired) electrons. The number of rotatable bonds is 4. The largest absolute Gasteiger partial charge is 0.453 e. The summed E-state index contributed by atoms with van der Waals surface area (Å²) in [6.07, 6.45) is 0.0406. The average Bonchev–Trinajstić information content (AvgIpc) is 2.63. The molecule has 1 heterocycles. The van der Waals surface area contributed by atoms with Crippen molar-refractivity contribution < 1.29 is 9.13 Å². The Morgan fingerprint density at radius 1 is 1.37 bits per heavy atom. The molecule has 136 valence electrons. The van der Waals surface area contributed by atoms with Gasteiger partial charge in [-0.1, -0.05) is 33.6 Å². The van der Waals surface area contributed by atoms with E-state index in [1.807, 2.05) is 6.07 Å². The molecule has 0 aliphatic carbocycles. The Morgan fingerprint density at radius 3 is 2.85 bits per heavy atom. The third-order valence-electron chi connectivity index (χ3n) is 3.61. The predicted octanol–water partition coefficient (Wildman–Crippen LogP) is 4.28. The Labute approximate surface area is 166 Å². The maximum Gasteiger partial charge on any atom is 0.285 e. The number of nitriles is 1. The molecule has 0 aliphatic heterocycles. The molecule has 2 aromatic carbocycles. The maximum absolute atomic E-state index is 15.0. The number of aryl methyl sites for hydroxylation is 1. The van der Waals surface area contributed by atoms with Crippen LogP contribution >= 0.6 is 27.5 Å². The van der Waals surface area contributed by atoms with Gasteiger partial charge in [-0.25, -0.2) is 14.5 Å². The van der Waals surface area contributed by atoms with Crippen LogP contribution in [-0.4, -0.2) is 15.2 Å². The third-order valence-corrected chi connectivity index (χ3v) is 4.37. The molecule has 0 bridgehead atoms. The second-order valence-corrected chi connectivity index (χ2v) is 6.90. The highest BCUT2D eigenvalue weighted by Gasteiger charge is 2.17. The summed E-state index contributed by atoms with van der Waals surface area (Å²) in [7, 11) is 0. The standard InChI is InChI=1S/C18H11BrClFN4O2/c1-9-18(26)25-24-15(23-9)6-11-2-3-14(20)17(16(11)21)27-13-5-10(8-22)4-12(19)7-13/h2-5,7H,6H2,1H3,(H,25,26). The van der Waals surface area contributed by atoms with E-state index in [0.29, 0.717) is 10.0 Å². The molecule has 3 aromatic rings. The van der Waals surface area contributed by atoms with E-state index in [2.05, 4.69) is 31.1 Å². The summed E-state index contributed by atoms with van der Waals surface area (Å²) < 4.78 is 21.2. The van der Waals surface area contributed by atoms with Crippen LogP contribution in [0.3, 0.4) is 0 Å². The first kappa shape index (κ1) is 19.0. The summed E-state index contributed by atoms with van der Waals surface area (Å²) in [6, 6.07) is 9.66. The van der Waals surface area contributed by atoms with Crippen LogP contribution in [0.25, 0.3) is 0 Å². The van der Waals surface area contributed by atoms with Gasteiger partial charge in [0.1, 0.15) is 11.4 Å². The van der Waals surface area contributed by atoms with Gasteiger partial charge in [-0.2, -0.15) is 10.4 Å². The van der Waals surface area contributed by atoms with E-state index in [4.69, 9.17) is 21.6 Å². The molecule has 0 atom stereocenters. The van der Waals surface area contributed by atoms with E-state index in [0.717, 1.165) is 0 Å². The maximum atomic E-state index is 15.0. The van der Waals surface area contributed by atoms with Crippen LogP contribution in [0.15, 0.2) is 39.6 Å². The molecule has 0 fully saturated rings. The monoisotopic (exact) mass is 448 g/mol. The molecular weight excluding hydrogens is 439 g/mol. The second kappa shape index (κ2) is 7.86.